The third-order valence-electron chi connectivity index (χ3n) is 3.33. The molecule has 5 heteroatoms. The van der Waals surface area contributed by atoms with Crippen molar-refractivity contribution in [1.29, 1.82) is 0 Å². The Morgan fingerprint density at radius 3 is 2.67 bits per heavy atom. The maximum atomic E-state index is 10.2. The van der Waals surface area contributed by atoms with Crippen LogP contribution >= 0.6 is 11.3 Å². The van der Waals surface area contributed by atoms with E-state index >= 15 is 0 Å². The minimum Gasteiger partial charge on any atom is -0.507 e. The Kier molecular flexibility index (Phi) is 3.51. The van der Waals surface area contributed by atoms with Crippen LogP contribution in [-0.4, -0.2) is 22.2 Å². The van der Waals surface area contributed by atoms with Crippen LogP contribution in [-0.2, 0) is 0 Å². The number of pyridine rings is 1. The van der Waals surface area contributed by atoms with Gasteiger partial charge in [0.15, 0.2) is 0 Å². The van der Waals surface area contributed by atoms with E-state index in [0.29, 0.717) is 28.3 Å². The van der Waals surface area contributed by atoms with E-state index in [4.69, 9.17) is 4.74 Å². The molecule has 108 valence electrons. The predicted molar refractivity (Wildman–Crippen MR) is 85.2 cm³/mol. The summed E-state index contributed by atoms with van der Waals surface area (Å²) < 4.78 is 5.21. The van der Waals surface area contributed by atoms with E-state index in [2.05, 4.69) is 23.8 Å². The van der Waals surface area contributed by atoms with Crippen molar-refractivity contribution in [3.63, 3.8) is 0 Å². The van der Waals surface area contributed by atoms with Crippen LogP contribution in [0.25, 0.3) is 21.6 Å². The Morgan fingerprint density at radius 2 is 2.00 bits per heavy atom. The van der Waals surface area contributed by atoms with Gasteiger partial charge in [-0.15, -0.1) is 11.3 Å². The first kappa shape index (κ1) is 13.8. The number of ether oxygens (including phenoxy) is 1. The summed E-state index contributed by atoms with van der Waals surface area (Å²) in [5, 5.41) is 13.8. The third-order valence-corrected chi connectivity index (χ3v) is 4.21. The summed E-state index contributed by atoms with van der Waals surface area (Å²) in [6.45, 7) is 4.21. The molecule has 2 heterocycles. The molecule has 2 aromatic heterocycles. The summed E-state index contributed by atoms with van der Waals surface area (Å²) in [5.41, 5.74) is 2.43. The number of thiazole rings is 1. The van der Waals surface area contributed by atoms with Crippen molar-refractivity contribution < 1.29 is 9.84 Å². The molecule has 0 aliphatic rings. The van der Waals surface area contributed by atoms with Gasteiger partial charge in [0.05, 0.1) is 18.3 Å². The van der Waals surface area contributed by atoms with Crippen molar-refractivity contribution in [2.24, 2.45) is 0 Å². The average molecular weight is 300 g/mol. The van der Waals surface area contributed by atoms with Crippen LogP contribution < -0.4 is 4.74 Å². The number of fused-ring (bicyclic) bond motifs is 1. The highest BCUT2D eigenvalue weighted by Gasteiger charge is 2.12. The first-order valence-corrected chi connectivity index (χ1v) is 7.60. The van der Waals surface area contributed by atoms with Crippen molar-refractivity contribution in [2.75, 3.05) is 7.11 Å². The van der Waals surface area contributed by atoms with Gasteiger partial charge in [-0.25, -0.2) is 9.97 Å². The number of aromatic hydroxyl groups is 1. The fourth-order valence-electron chi connectivity index (χ4n) is 2.10. The summed E-state index contributed by atoms with van der Waals surface area (Å²) in [6.07, 6.45) is 0. The molecular formula is C16H16N2O2S. The second-order valence-electron chi connectivity index (χ2n) is 5.14. The number of hydrogen-bond acceptors (Lipinski definition) is 5. The van der Waals surface area contributed by atoms with Crippen LogP contribution in [0, 0.1) is 0 Å². The molecule has 4 nitrogen and oxygen atoms in total. The zero-order valence-electron chi connectivity index (χ0n) is 12.1. The Balaban J connectivity index is 2.13. The number of nitrogens with zero attached hydrogens (tertiary/aromatic N) is 2. The van der Waals surface area contributed by atoms with Gasteiger partial charge in [0, 0.05) is 22.9 Å². The SMILES string of the molecule is COc1ccc2c(O)cc(-c3nc(C(C)C)cs3)nc2c1. The Hall–Kier alpha value is -2.14. The van der Waals surface area contributed by atoms with Crippen molar-refractivity contribution in [1.82, 2.24) is 9.97 Å². The van der Waals surface area contributed by atoms with Gasteiger partial charge in [-0.1, -0.05) is 13.8 Å². The van der Waals surface area contributed by atoms with E-state index in [0.717, 1.165) is 10.7 Å². The number of benzene rings is 1. The van der Waals surface area contributed by atoms with E-state index in [1.165, 1.54) is 0 Å². The third kappa shape index (κ3) is 2.56. The number of hydrogen-bond donors (Lipinski definition) is 1. The molecule has 0 fully saturated rings. The first-order valence-electron chi connectivity index (χ1n) is 6.72. The molecule has 0 bridgehead atoms. The lowest BCUT2D eigenvalue weighted by Gasteiger charge is -2.06. The largest absolute Gasteiger partial charge is 0.507 e. The highest BCUT2D eigenvalue weighted by molar-refractivity contribution is 7.13. The zero-order chi connectivity index (χ0) is 15.0. The average Bonchev–Trinajstić information content (AvgIpc) is 2.96. The molecule has 0 radical (unpaired) electrons. The molecule has 3 aromatic rings. The molecule has 0 aliphatic carbocycles. The van der Waals surface area contributed by atoms with Gasteiger partial charge in [0.25, 0.3) is 0 Å². The number of aromatic nitrogens is 2. The minimum atomic E-state index is 0.207. The summed E-state index contributed by atoms with van der Waals surface area (Å²) in [4.78, 5) is 9.18. The molecule has 0 aliphatic heterocycles. The van der Waals surface area contributed by atoms with Crippen LogP contribution in [0.4, 0.5) is 0 Å². The van der Waals surface area contributed by atoms with Gasteiger partial charge < -0.3 is 9.84 Å². The Labute approximate surface area is 127 Å². The van der Waals surface area contributed by atoms with Gasteiger partial charge in [-0.2, -0.15) is 0 Å². The second kappa shape index (κ2) is 5.33. The Morgan fingerprint density at radius 1 is 1.19 bits per heavy atom. The standard InChI is InChI=1S/C16H16N2O2S/c1-9(2)14-8-21-16(18-14)13-7-15(19)11-5-4-10(20-3)6-12(11)17-13/h4-9H,1-3H3,(H,17,19). The topological polar surface area (TPSA) is 55.2 Å². The highest BCUT2D eigenvalue weighted by Crippen LogP contribution is 2.33. The lowest BCUT2D eigenvalue weighted by molar-refractivity contribution is 0.415. The fourth-order valence-corrected chi connectivity index (χ4v) is 3.04. The summed E-state index contributed by atoms with van der Waals surface area (Å²) in [5.74, 6) is 1.30. The van der Waals surface area contributed by atoms with E-state index in [9.17, 15) is 5.11 Å². The van der Waals surface area contributed by atoms with Crippen LogP contribution in [0.5, 0.6) is 11.5 Å². The normalized spacial score (nSPS) is 11.2. The number of methoxy groups -OCH3 is 1. The summed E-state index contributed by atoms with van der Waals surface area (Å²) in [6, 6.07) is 7.10. The van der Waals surface area contributed by atoms with E-state index in [1.54, 1.807) is 24.5 Å². The van der Waals surface area contributed by atoms with E-state index in [-0.39, 0.29) is 5.75 Å². The monoisotopic (exact) mass is 300 g/mol. The molecule has 1 aromatic carbocycles. The van der Waals surface area contributed by atoms with Crippen LogP contribution in [0.1, 0.15) is 25.5 Å². The fraction of sp³-hybridized carbons (Fsp3) is 0.250. The van der Waals surface area contributed by atoms with Crippen molar-refractivity contribution in [2.45, 2.75) is 19.8 Å². The molecule has 0 unspecified atom stereocenters. The molecule has 21 heavy (non-hydrogen) atoms. The van der Waals surface area contributed by atoms with Crippen LogP contribution in [0.15, 0.2) is 29.6 Å². The van der Waals surface area contributed by atoms with Crippen molar-refractivity contribution in [3.8, 4) is 22.2 Å². The summed E-state index contributed by atoms with van der Waals surface area (Å²) >= 11 is 1.54. The summed E-state index contributed by atoms with van der Waals surface area (Å²) in [7, 11) is 1.61. The molecule has 0 spiro atoms. The molecule has 1 N–H and O–H groups in total. The molecule has 0 atom stereocenters. The zero-order valence-corrected chi connectivity index (χ0v) is 12.9. The van der Waals surface area contributed by atoms with E-state index < -0.39 is 0 Å². The van der Waals surface area contributed by atoms with Gasteiger partial charge in [0.1, 0.15) is 22.2 Å². The number of rotatable bonds is 3. The van der Waals surface area contributed by atoms with Gasteiger partial charge in [-0.05, 0) is 18.1 Å². The first-order chi connectivity index (χ1) is 10.1. The van der Waals surface area contributed by atoms with Gasteiger partial charge in [-0.3, -0.25) is 0 Å². The molecular weight excluding hydrogens is 284 g/mol. The lowest BCUT2D eigenvalue weighted by atomic mass is 10.1. The van der Waals surface area contributed by atoms with Crippen LogP contribution in [0.3, 0.4) is 0 Å². The predicted octanol–water partition coefficient (Wildman–Crippen LogP) is 4.20. The van der Waals surface area contributed by atoms with Crippen molar-refractivity contribution >= 4 is 22.2 Å². The minimum absolute atomic E-state index is 0.207. The second-order valence-corrected chi connectivity index (χ2v) is 6.00. The molecule has 0 saturated carbocycles. The van der Waals surface area contributed by atoms with Gasteiger partial charge in [0.2, 0.25) is 0 Å². The lowest BCUT2D eigenvalue weighted by Crippen LogP contribution is -1.90. The molecule has 3 rings (SSSR count). The van der Waals surface area contributed by atoms with Crippen molar-refractivity contribution in [3.05, 3.63) is 35.3 Å². The molecule has 0 amide bonds. The maximum Gasteiger partial charge on any atom is 0.142 e. The quantitative estimate of drug-likeness (QED) is 0.787. The highest BCUT2D eigenvalue weighted by atomic mass is 32.1. The van der Waals surface area contributed by atoms with Gasteiger partial charge >= 0.3 is 0 Å². The molecule has 0 saturated heterocycles. The Bertz CT molecular complexity index is 796. The van der Waals surface area contributed by atoms with Crippen LogP contribution in [0.2, 0.25) is 0 Å². The van der Waals surface area contributed by atoms with E-state index in [1.807, 2.05) is 23.6 Å². The maximum absolute atomic E-state index is 10.2. The smallest absolute Gasteiger partial charge is 0.142 e.